The van der Waals surface area contributed by atoms with Gasteiger partial charge in [-0.25, -0.2) is 4.39 Å². The Balaban J connectivity index is 1.51. The van der Waals surface area contributed by atoms with Gasteiger partial charge in [-0.1, -0.05) is 60.5 Å². The van der Waals surface area contributed by atoms with Gasteiger partial charge in [0.1, 0.15) is 5.82 Å². The number of aromatic nitrogens is 2. The van der Waals surface area contributed by atoms with E-state index in [1.807, 2.05) is 31.2 Å². The highest BCUT2D eigenvalue weighted by Crippen LogP contribution is 2.43. The number of ether oxygens (including phenoxy) is 1. The van der Waals surface area contributed by atoms with Crippen molar-refractivity contribution in [3.05, 3.63) is 71.4 Å². The monoisotopic (exact) mass is 380 g/mol. The van der Waals surface area contributed by atoms with Crippen LogP contribution in [-0.4, -0.2) is 16.1 Å². The molecule has 0 bridgehead atoms. The zero-order valence-electron chi connectivity index (χ0n) is 15.7. The Kier molecular flexibility index (Phi) is 4.94. The first-order chi connectivity index (χ1) is 13.6. The van der Waals surface area contributed by atoms with Crippen molar-refractivity contribution in [3.63, 3.8) is 0 Å². The molecule has 6 heteroatoms. The van der Waals surface area contributed by atoms with E-state index in [0.29, 0.717) is 24.2 Å². The SMILES string of the molecule is Cc1ccccc1-c1noc(COC(=O)C2(c3ccccc3F)CCCC2)n1. The second-order valence-electron chi connectivity index (χ2n) is 7.17. The summed E-state index contributed by atoms with van der Waals surface area (Å²) in [7, 11) is 0. The number of carbonyl (C=O) groups is 1. The third kappa shape index (κ3) is 3.30. The third-order valence-electron chi connectivity index (χ3n) is 5.42. The van der Waals surface area contributed by atoms with E-state index in [9.17, 15) is 9.18 Å². The molecule has 3 aromatic rings. The summed E-state index contributed by atoms with van der Waals surface area (Å²) >= 11 is 0. The van der Waals surface area contributed by atoms with Crippen molar-refractivity contribution in [2.45, 2.75) is 44.6 Å². The maximum atomic E-state index is 14.4. The minimum atomic E-state index is -0.940. The van der Waals surface area contributed by atoms with Crippen LogP contribution in [-0.2, 0) is 21.6 Å². The Labute approximate surface area is 162 Å². The minimum absolute atomic E-state index is 0.131. The fraction of sp³-hybridized carbons (Fsp3) is 0.318. The summed E-state index contributed by atoms with van der Waals surface area (Å²) in [5.41, 5.74) is 1.35. The topological polar surface area (TPSA) is 65.2 Å². The summed E-state index contributed by atoms with van der Waals surface area (Å²) in [6, 6.07) is 14.1. The van der Waals surface area contributed by atoms with E-state index in [1.165, 1.54) is 6.07 Å². The predicted molar refractivity (Wildman–Crippen MR) is 101 cm³/mol. The second kappa shape index (κ2) is 7.54. The van der Waals surface area contributed by atoms with Crippen molar-refractivity contribution >= 4 is 5.97 Å². The van der Waals surface area contributed by atoms with Gasteiger partial charge in [-0.3, -0.25) is 4.79 Å². The number of rotatable bonds is 5. The van der Waals surface area contributed by atoms with Crippen LogP contribution in [0.3, 0.4) is 0 Å². The molecule has 0 aliphatic heterocycles. The molecule has 5 nitrogen and oxygen atoms in total. The summed E-state index contributed by atoms with van der Waals surface area (Å²) < 4.78 is 25.1. The first kappa shape index (κ1) is 18.3. The lowest BCUT2D eigenvalue weighted by Gasteiger charge is -2.27. The molecule has 144 valence electrons. The largest absolute Gasteiger partial charge is 0.455 e. The second-order valence-corrected chi connectivity index (χ2v) is 7.17. The molecule has 4 rings (SSSR count). The molecule has 0 N–H and O–H groups in total. The Hall–Kier alpha value is -3.02. The lowest BCUT2D eigenvalue weighted by atomic mass is 9.78. The summed E-state index contributed by atoms with van der Waals surface area (Å²) in [5, 5.41) is 3.97. The number of hydrogen-bond acceptors (Lipinski definition) is 5. The number of esters is 1. The Morgan fingerprint density at radius 1 is 1.14 bits per heavy atom. The highest BCUT2D eigenvalue weighted by Gasteiger charge is 2.45. The van der Waals surface area contributed by atoms with Crippen LogP contribution in [0, 0.1) is 12.7 Å². The average molecular weight is 380 g/mol. The van der Waals surface area contributed by atoms with Crippen molar-refractivity contribution < 1.29 is 18.4 Å². The van der Waals surface area contributed by atoms with Crippen LogP contribution in [0.2, 0.25) is 0 Å². The van der Waals surface area contributed by atoms with E-state index in [-0.39, 0.29) is 18.3 Å². The van der Waals surface area contributed by atoms with Gasteiger partial charge in [0.15, 0.2) is 6.61 Å². The van der Waals surface area contributed by atoms with Crippen LogP contribution in [0.15, 0.2) is 53.1 Å². The molecule has 1 heterocycles. The standard InChI is InChI=1S/C22H21FN2O3/c1-15-8-2-3-9-16(15)20-24-19(28-25-20)14-27-21(26)22(12-6-7-13-22)17-10-4-5-11-18(17)23/h2-5,8-11H,6-7,12-14H2,1H3. The average Bonchev–Trinajstić information content (AvgIpc) is 3.37. The number of aryl methyl sites for hydroxylation is 1. The molecule has 0 amide bonds. The van der Waals surface area contributed by atoms with E-state index < -0.39 is 11.4 Å². The number of nitrogens with zero attached hydrogens (tertiary/aromatic N) is 2. The van der Waals surface area contributed by atoms with Crippen molar-refractivity contribution in [2.75, 3.05) is 0 Å². The molecule has 1 aromatic heterocycles. The first-order valence-electron chi connectivity index (χ1n) is 9.41. The van der Waals surface area contributed by atoms with Crippen LogP contribution in [0.1, 0.15) is 42.7 Å². The number of benzene rings is 2. The van der Waals surface area contributed by atoms with Gasteiger partial charge >= 0.3 is 5.97 Å². The van der Waals surface area contributed by atoms with Crippen molar-refractivity contribution in [1.82, 2.24) is 10.1 Å². The van der Waals surface area contributed by atoms with E-state index in [2.05, 4.69) is 10.1 Å². The molecule has 2 aromatic carbocycles. The van der Waals surface area contributed by atoms with Crippen LogP contribution in [0.25, 0.3) is 11.4 Å². The van der Waals surface area contributed by atoms with Gasteiger partial charge in [0.05, 0.1) is 5.41 Å². The predicted octanol–water partition coefficient (Wildman–Crippen LogP) is 4.74. The zero-order chi connectivity index (χ0) is 19.6. The first-order valence-corrected chi connectivity index (χ1v) is 9.41. The van der Waals surface area contributed by atoms with E-state index in [4.69, 9.17) is 9.26 Å². The van der Waals surface area contributed by atoms with E-state index in [1.54, 1.807) is 18.2 Å². The lowest BCUT2D eigenvalue weighted by molar-refractivity contribution is -0.152. The van der Waals surface area contributed by atoms with E-state index >= 15 is 0 Å². The van der Waals surface area contributed by atoms with Crippen molar-refractivity contribution in [2.24, 2.45) is 0 Å². The molecule has 1 aliphatic carbocycles. The molecule has 0 spiro atoms. The molecule has 1 aliphatic rings. The quantitative estimate of drug-likeness (QED) is 0.598. The molecule has 0 saturated heterocycles. The Morgan fingerprint density at radius 3 is 2.61 bits per heavy atom. The fourth-order valence-electron chi connectivity index (χ4n) is 3.92. The maximum Gasteiger partial charge on any atom is 0.317 e. The molecule has 0 unspecified atom stereocenters. The molecule has 0 atom stereocenters. The lowest BCUT2D eigenvalue weighted by Crippen LogP contribution is -2.35. The maximum absolute atomic E-state index is 14.4. The molecule has 1 fully saturated rings. The van der Waals surface area contributed by atoms with Crippen LogP contribution < -0.4 is 0 Å². The fourth-order valence-corrected chi connectivity index (χ4v) is 3.92. The number of hydrogen-bond donors (Lipinski definition) is 0. The van der Waals surface area contributed by atoms with Crippen molar-refractivity contribution in [1.29, 1.82) is 0 Å². The van der Waals surface area contributed by atoms with Gasteiger partial charge in [-0.2, -0.15) is 4.98 Å². The van der Waals surface area contributed by atoms with E-state index in [0.717, 1.165) is 24.0 Å². The number of halogens is 1. The molecular weight excluding hydrogens is 359 g/mol. The Morgan fingerprint density at radius 2 is 1.86 bits per heavy atom. The smallest absolute Gasteiger partial charge is 0.317 e. The van der Waals surface area contributed by atoms with Crippen LogP contribution in [0.4, 0.5) is 4.39 Å². The number of carbonyl (C=O) groups excluding carboxylic acids is 1. The normalized spacial score (nSPS) is 15.5. The van der Waals surface area contributed by atoms with Gasteiger partial charge in [0.2, 0.25) is 5.82 Å². The molecular formula is C22H21FN2O3. The summed E-state index contributed by atoms with van der Waals surface area (Å²) in [6.07, 6.45) is 2.87. The summed E-state index contributed by atoms with van der Waals surface area (Å²) in [5.74, 6) is -0.145. The van der Waals surface area contributed by atoms with Gasteiger partial charge in [-0.15, -0.1) is 0 Å². The third-order valence-corrected chi connectivity index (χ3v) is 5.42. The van der Waals surface area contributed by atoms with Crippen molar-refractivity contribution in [3.8, 4) is 11.4 Å². The highest BCUT2D eigenvalue weighted by atomic mass is 19.1. The zero-order valence-corrected chi connectivity index (χ0v) is 15.7. The van der Waals surface area contributed by atoms with Crippen LogP contribution in [0.5, 0.6) is 0 Å². The Bertz CT molecular complexity index is 993. The summed E-state index contributed by atoms with van der Waals surface area (Å²) in [4.78, 5) is 17.3. The summed E-state index contributed by atoms with van der Waals surface area (Å²) in [6.45, 7) is 1.83. The van der Waals surface area contributed by atoms with Gasteiger partial charge in [0.25, 0.3) is 5.89 Å². The van der Waals surface area contributed by atoms with Crippen LogP contribution >= 0.6 is 0 Å². The van der Waals surface area contributed by atoms with Gasteiger partial charge in [-0.05, 0) is 31.4 Å². The molecule has 28 heavy (non-hydrogen) atoms. The van der Waals surface area contributed by atoms with Gasteiger partial charge in [0, 0.05) is 11.1 Å². The van der Waals surface area contributed by atoms with Gasteiger partial charge < -0.3 is 9.26 Å². The molecule has 1 saturated carbocycles. The molecule has 0 radical (unpaired) electrons. The highest BCUT2D eigenvalue weighted by molar-refractivity contribution is 5.83. The minimum Gasteiger partial charge on any atom is -0.455 e.